The number of aliphatic hydroxyl groups is 1. The number of β-amino-alcohol motifs (C(OH)–C–C–N with tert-alkyl or cyclic N) is 1. The summed E-state index contributed by atoms with van der Waals surface area (Å²) in [6.07, 6.45) is 7.60. The maximum atomic E-state index is 10.1. The lowest BCUT2D eigenvalue weighted by Crippen LogP contribution is -2.43. The zero-order chi connectivity index (χ0) is 11.3. The van der Waals surface area contributed by atoms with Gasteiger partial charge in [-0.25, -0.2) is 0 Å². The van der Waals surface area contributed by atoms with E-state index >= 15 is 0 Å². The molecule has 0 radical (unpaired) electrons. The van der Waals surface area contributed by atoms with Gasteiger partial charge < -0.3 is 10.4 Å². The van der Waals surface area contributed by atoms with Gasteiger partial charge in [0.25, 0.3) is 0 Å². The van der Waals surface area contributed by atoms with Crippen molar-refractivity contribution < 1.29 is 5.11 Å². The number of hydrogen-bond acceptors (Lipinski definition) is 2. The molecule has 1 atom stereocenters. The van der Waals surface area contributed by atoms with Crippen LogP contribution in [-0.4, -0.2) is 23.3 Å². The Morgan fingerprint density at radius 3 is 2.13 bits per heavy atom. The third-order valence-electron chi connectivity index (χ3n) is 3.29. The predicted octanol–water partition coefficient (Wildman–Crippen LogP) is 2.71. The molecule has 1 rings (SSSR count). The van der Waals surface area contributed by atoms with Crippen LogP contribution in [0.15, 0.2) is 0 Å². The van der Waals surface area contributed by atoms with Crippen molar-refractivity contribution >= 4 is 0 Å². The van der Waals surface area contributed by atoms with Crippen LogP contribution >= 0.6 is 0 Å². The van der Waals surface area contributed by atoms with Gasteiger partial charge in [0.1, 0.15) is 0 Å². The molecule has 2 N–H and O–H groups in total. The molecule has 0 spiro atoms. The van der Waals surface area contributed by atoms with Crippen molar-refractivity contribution in [3.8, 4) is 0 Å². The Hall–Kier alpha value is -0.0800. The first-order valence-corrected chi connectivity index (χ1v) is 6.42. The van der Waals surface area contributed by atoms with E-state index in [2.05, 4.69) is 26.1 Å². The van der Waals surface area contributed by atoms with Crippen molar-refractivity contribution in [2.45, 2.75) is 70.9 Å². The minimum Gasteiger partial charge on any atom is -0.392 e. The molecule has 0 heterocycles. The molecule has 1 saturated carbocycles. The molecule has 0 aliphatic heterocycles. The fourth-order valence-electron chi connectivity index (χ4n) is 2.27. The largest absolute Gasteiger partial charge is 0.392 e. The van der Waals surface area contributed by atoms with Crippen molar-refractivity contribution in [1.82, 2.24) is 5.32 Å². The Bertz CT molecular complexity index is 166. The molecule has 0 amide bonds. The molecule has 2 nitrogen and oxygen atoms in total. The number of rotatable bonds is 3. The van der Waals surface area contributed by atoms with Gasteiger partial charge in [-0.2, -0.15) is 0 Å². The molecular formula is C13H27NO. The van der Waals surface area contributed by atoms with E-state index in [-0.39, 0.29) is 11.6 Å². The number of nitrogens with one attached hydrogen (secondary N) is 1. The summed E-state index contributed by atoms with van der Waals surface area (Å²) in [5, 5.41) is 13.5. The summed E-state index contributed by atoms with van der Waals surface area (Å²) < 4.78 is 0. The van der Waals surface area contributed by atoms with Crippen molar-refractivity contribution in [3.63, 3.8) is 0 Å². The summed E-state index contributed by atoms with van der Waals surface area (Å²) in [4.78, 5) is 0. The van der Waals surface area contributed by atoms with E-state index < -0.39 is 0 Å². The summed E-state index contributed by atoms with van der Waals surface area (Å²) in [5.74, 6) is 0.530. The van der Waals surface area contributed by atoms with Crippen LogP contribution in [0.2, 0.25) is 0 Å². The lowest BCUT2D eigenvalue weighted by molar-refractivity contribution is 0.0906. The molecule has 1 aliphatic carbocycles. The Kier molecular flexibility index (Phi) is 5.07. The molecule has 0 saturated heterocycles. The normalized spacial score (nSPS) is 22.4. The highest BCUT2D eigenvalue weighted by molar-refractivity contribution is 4.78. The smallest absolute Gasteiger partial charge is 0.0692 e. The summed E-state index contributed by atoms with van der Waals surface area (Å²) >= 11 is 0. The standard InChI is InChI=1S/C13H27NO/c1-13(2,3)14-10-12(15)11-8-6-4-5-7-9-11/h11-12,14-15H,4-10H2,1-3H3. The topological polar surface area (TPSA) is 32.3 Å². The molecule has 0 aromatic carbocycles. The first-order chi connectivity index (χ1) is 6.99. The highest BCUT2D eigenvalue weighted by atomic mass is 16.3. The van der Waals surface area contributed by atoms with Gasteiger partial charge in [0, 0.05) is 12.1 Å². The van der Waals surface area contributed by atoms with E-state index in [1.54, 1.807) is 0 Å². The van der Waals surface area contributed by atoms with E-state index in [9.17, 15) is 5.11 Å². The van der Waals surface area contributed by atoms with Crippen molar-refractivity contribution in [2.75, 3.05) is 6.54 Å². The molecule has 0 aromatic rings. The monoisotopic (exact) mass is 213 g/mol. The van der Waals surface area contributed by atoms with Crippen LogP contribution in [0.1, 0.15) is 59.3 Å². The second-order valence-corrected chi connectivity index (χ2v) is 5.95. The molecule has 0 aromatic heterocycles. The Morgan fingerprint density at radius 2 is 1.67 bits per heavy atom. The summed E-state index contributed by atoms with van der Waals surface area (Å²) in [6, 6.07) is 0. The first kappa shape index (κ1) is 13.0. The molecule has 1 unspecified atom stereocenters. The van der Waals surface area contributed by atoms with Crippen LogP contribution in [0.25, 0.3) is 0 Å². The average molecular weight is 213 g/mol. The number of aliphatic hydroxyl groups excluding tert-OH is 1. The quantitative estimate of drug-likeness (QED) is 0.707. The molecule has 1 fully saturated rings. The molecular weight excluding hydrogens is 186 g/mol. The second kappa shape index (κ2) is 5.86. The van der Waals surface area contributed by atoms with Gasteiger partial charge in [-0.3, -0.25) is 0 Å². The summed E-state index contributed by atoms with van der Waals surface area (Å²) in [6.45, 7) is 7.18. The molecule has 1 aliphatic rings. The molecule has 0 bridgehead atoms. The fourth-order valence-corrected chi connectivity index (χ4v) is 2.27. The van der Waals surface area contributed by atoms with Crippen LogP contribution in [-0.2, 0) is 0 Å². The van der Waals surface area contributed by atoms with E-state index in [1.165, 1.54) is 38.5 Å². The third kappa shape index (κ3) is 5.53. The Morgan fingerprint density at radius 1 is 1.13 bits per heavy atom. The van der Waals surface area contributed by atoms with Crippen molar-refractivity contribution in [1.29, 1.82) is 0 Å². The van der Waals surface area contributed by atoms with E-state index in [0.717, 1.165) is 6.54 Å². The summed E-state index contributed by atoms with van der Waals surface area (Å²) in [5.41, 5.74) is 0.117. The van der Waals surface area contributed by atoms with Gasteiger partial charge in [0.2, 0.25) is 0 Å². The third-order valence-corrected chi connectivity index (χ3v) is 3.29. The van der Waals surface area contributed by atoms with Crippen LogP contribution in [0, 0.1) is 5.92 Å². The van der Waals surface area contributed by atoms with Crippen molar-refractivity contribution in [3.05, 3.63) is 0 Å². The molecule has 15 heavy (non-hydrogen) atoms. The Labute approximate surface area is 94.5 Å². The predicted molar refractivity (Wildman–Crippen MR) is 65.0 cm³/mol. The van der Waals surface area contributed by atoms with Crippen LogP contribution in [0.4, 0.5) is 0 Å². The maximum absolute atomic E-state index is 10.1. The lowest BCUT2D eigenvalue weighted by atomic mass is 9.93. The molecule has 2 heteroatoms. The zero-order valence-corrected chi connectivity index (χ0v) is 10.6. The Balaban J connectivity index is 2.28. The first-order valence-electron chi connectivity index (χ1n) is 6.42. The van der Waals surface area contributed by atoms with Gasteiger partial charge in [-0.15, -0.1) is 0 Å². The van der Waals surface area contributed by atoms with Crippen LogP contribution < -0.4 is 5.32 Å². The average Bonchev–Trinajstić information content (AvgIpc) is 2.41. The van der Waals surface area contributed by atoms with Gasteiger partial charge in [0.05, 0.1) is 6.10 Å². The van der Waals surface area contributed by atoms with Crippen LogP contribution in [0.3, 0.4) is 0 Å². The zero-order valence-electron chi connectivity index (χ0n) is 10.6. The minimum absolute atomic E-state index is 0.117. The number of hydrogen-bond donors (Lipinski definition) is 2. The van der Waals surface area contributed by atoms with Gasteiger partial charge in [-0.05, 0) is 39.5 Å². The van der Waals surface area contributed by atoms with E-state index in [1.807, 2.05) is 0 Å². The van der Waals surface area contributed by atoms with E-state index in [0.29, 0.717) is 5.92 Å². The van der Waals surface area contributed by atoms with E-state index in [4.69, 9.17) is 0 Å². The van der Waals surface area contributed by atoms with Gasteiger partial charge in [0.15, 0.2) is 0 Å². The minimum atomic E-state index is -0.151. The SMILES string of the molecule is CC(C)(C)NCC(O)C1CCCCCC1. The summed E-state index contributed by atoms with van der Waals surface area (Å²) in [7, 11) is 0. The fraction of sp³-hybridized carbons (Fsp3) is 1.00. The van der Waals surface area contributed by atoms with Gasteiger partial charge in [-0.1, -0.05) is 25.7 Å². The highest BCUT2D eigenvalue weighted by Gasteiger charge is 2.21. The highest BCUT2D eigenvalue weighted by Crippen LogP contribution is 2.25. The lowest BCUT2D eigenvalue weighted by Gasteiger charge is -2.27. The maximum Gasteiger partial charge on any atom is 0.0692 e. The van der Waals surface area contributed by atoms with Gasteiger partial charge >= 0.3 is 0 Å². The van der Waals surface area contributed by atoms with Crippen molar-refractivity contribution in [2.24, 2.45) is 5.92 Å². The second-order valence-electron chi connectivity index (χ2n) is 5.95. The van der Waals surface area contributed by atoms with Crippen LogP contribution in [0.5, 0.6) is 0 Å². The molecule has 90 valence electrons.